The van der Waals surface area contributed by atoms with Gasteiger partial charge in [0.15, 0.2) is 6.54 Å². The molecule has 1 aromatic heterocycles. The van der Waals surface area contributed by atoms with E-state index >= 15 is 0 Å². The molecule has 1 rings (SSSR count). The topological polar surface area (TPSA) is 51.1 Å². The summed E-state index contributed by atoms with van der Waals surface area (Å²) >= 11 is 0. The lowest BCUT2D eigenvalue weighted by molar-refractivity contribution is -0.679. The van der Waals surface area contributed by atoms with Crippen molar-refractivity contribution in [2.75, 3.05) is 0 Å². The van der Waals surface area contributed by atoms with Crippen molar-refractivity contribution < 1.29 is 4.57 Å². The second-order valence-electron chi connectivity index (χ2n) is 3.35. The van der Waals surface area contributed by atoms with Crippen LogP contribution in [-0.4, -0.2) is 9.78 Å². The number of hydrogen-bond donors (Lipinski definition) is 0. The minimum atomic E-state index is 0.119. The summed E-state index contributed by atoms with van der Waals surface area (Å²) in [5.74, 6) is 3.28. The fourth-order valence-corrected chi connectivity index (χ4v) is 1.32. The zero-order chi connectivity index (χ0) is 11.1. The summed E-state index contributed by atoms with van der Waals surface area (Å²) in [6.45, 7) is 0.947. The van der Waals surface area contributed by atoms with Gasteiger partial charge in [0, 0.05) is 11.5 Å². The van der Waals surface area contributed by atoms with Crippen molar-refractivity contribution in [2.45, 2.75) is 32.4 Å². The molecule has 0 bridgehead atoms. The summed E-state index contributed by atoms with van der Waals surface area (Å²) in [6, 6.07) is 0. The second kappa shape index (κ2) is 5.91. The third-order valence-electron chi connectivity index (χ3n) is 2.12. The van der Waals surface area contributed by atoms with Crippen LogP contribution in [0.4, 0.5) is 0 Å². The molecule has 0 N–H and O–H groups in total. The zero-order valence-electron chi connectivity index (χ0n) is 8.89. The summed E-state index contributed by atoms with van der Waals surface area (Å²) in [4.78, 5) is 10.1. The van der Waals surface area contributed by atoms with E-state index < -0.39 is 0 Å². The lowest BCUT2D eigenvalue weighted by Crippen LogP contribution is -2.30. The summed E-state index contributed by atoms with van der Waals surface area (Å²) in [5, 5.41) is 7.05. The molecule has 0 radical (unpaired) electrons. The molecule has 80 valence electrons. The van der Waals surface area contributed by atoms with Crippen molar-refractivity contribution in [3.05, 3.63) is 17.1 Å². The highest BCUT2D eigenvalue weighted by atomic mass is 16.3. The lowest BCUT2D eigenvalue weighted by Gasteiger charge is -1.91. The van der Waals surface area contributed by atoms with Crippen molar-refractivity contribution in [3.63, 3.8) is 0 Å². The fourth-order valence-electron chi connectivity index (χ4n) is 1.32. The van der Waals surface area contributed by atoms with Crippen molar-refractivity contribution in [1.29, 1.82) is 0 Å². The molecule has 0 saturated carbocycles. The smallest absolute Gasteiger partial charge is 0.236 e. The van der Waals surface area contributed by atoms with E-state index in [0.29, 0.717) is 5.82 Å². The van der Waals surface area contributed by atoms with Crippen LogP contribution in [0.15, 0.2) is 11.5 Å². The SMILES string of the molecule is C#CCCCCn1c[n+](C)c(CN=O)n1. The molecule has 5 nitrogen and oxygen atoms in total. The van der Waals surface area contributed by atoms with Gasteiger partial charge in [-0.3, -0.25) is 0 Å². The Morgan fingerprint density at radius 1 is 1.67 bits per heavy atom. The van der Waals surface area contributed by atoms with Crippen LogP contribution < -0.4 is 4.57 Å². The Labute approximate surface area is 89.1 Å². The maximum Gasteiger partial charge on any atom is 0.302 e. The van der Waals surface area contributed by atoms with E-state index in [9.17, 15) is 4.91 Å². The van der Waals surface area contributed by atoms with Gasteiger partial charge >= 0.3 is 5.82 Å². The molecule has 0 aliphatic rings. The van der Waals surface area contributed by atoms with Crippen LogP contribution in [0.1, 0.15) is 25.1 Å². The highest BCUT2D eigenvalue weighted by molar-refractivity contribution is 4.82. The maximum atomic E-state index is 10.1. The normalized spacial score (nSPS) is 9.87. The number of unbranched alkanes of at least 4 members (excludes halogenated alkanes) is 2. The predicted octanol–water partition coefficient (Wildman–Crippen LogP) is 0.777. The highest BCUT2D eigenvalue weighted by Crippen LogP contribution is 1.97. The number of terminal acetylenes is 1. The van der Waals surface area contributed by atoms with E-state index in [0.717, 1.165) is 25.8 Å². The molecule has 0 saturated heterocycles. The Hall–Kier alpha value is -1.70. The Balaban J connectivity index is 2.45. The van der Waals surface area contributed by atoms with Gasteiger partial charge < -0.3 is 0 Å². The lowest BCUT2D eigenvalue weighted by atomic mass is 10.2. The summed E-state index contributed by atoms with van der Waals surface area (Å²) in [7, 11) is 1.85. The molecule has 0 aliphatic carbocycles. The largest absolute Gasteiger partial charge is 0.302 e. The molecule has 1 heterocycles. The van der Waals surface area contributed by atoms with Gasteiger partial charge in [0.25, 0.3) is 0 Å². The van der Waals surface area contributed by atoms with E-state index in [4.69, 9.17) is 6.42 Å². The molecule has 0 atom stereocenters. The average Bonchev–Trinajstić information content (AvgIpc) is 2.55. The molecule has 1 aromatic rings. The number of aromatic nitrogens is 3. The molecule has 0 fully saturated rings. The zero-order valence-corrected chi connectivity index (χ0v) is 8.89. The Kier molecular flexibility index (Phi) is 4.48. The number of nitroso groups, excluding NO2 is 1. The minimum Gasteiger partial charge on any atom is -0.236 e. The summed E-state index contributed by atoms with van der Waals surface area (Å²) < 4.78 is 3.62. The molecule has 0 spiro atoms. The number of aryl methyl sites for hydroxylation is 2. The predicted molar refractivity (Wildman–Crippen MR) is 55.6 cm³/mol. The van der Waals surface area contributed by atoms with Crippen LogP contribution in [0, 0.1) is 17.3 Å². The van der Waals surface area contributed by atoms with Gasteiger partial charge in [0.2, 0.25) is 6.33 Å². The summed E-state index contributed by atoms with van der Waals surface area (Å²) in [6.07, 6.45) is 9.81. The van der Waals surface area contributed by atoms with Crippen molar-refractivity contribution in [2.24, 2.45) is 12.2 Å². The van der Waals surface area contributed by atoms with Gasteiger partial charge in [-0.25, -0.2) is 4.57 Å². The molecular weight excluding hydrogens is 192 g/mol. The molecule has 0 unspecified atom stereocenters. The summed E-state index contributed by atoms with van der Waals surface area (Å²) in [5.41, 5.74) is 0. The molecular formula is C10H15N4O+. The van der Waals surface area contributed by atoms with Crippen LogP contribution in [0.3, 0.4) is 0 Å². The second-order valence-corrected chi connectivity index (χ2v) is 3.35. The van der Waals surface area contributed by atoms with Gasteiger partial charge in [-0.1, -0.05) is 5.18 Å². The first-order chi connectivity index (χ1) is 7.27. The van der Waals surface area contributed by atoms with Crippen LogP contribution in [0.25, 0.3) is 0 Å². The van der Waals surface area contributed by atoms with E-state index in [2.05, 4.69) is 16.2 Å². The standard InChI is InChI=1S/C10H15N4O/c1-3-4-5-6-7-14-9-13(2)10(12-14)8-11-15/h1,9H,4-8H2,2H3/q+1. The van der Waals surface area contributed by atoms with E-state index in [1.54, 1.807) is 0 Å². The molecule has 0 aliphatic heterocycles. The van der Waals surface area contributed by atoms with Crippen LogP contribution in [-0.2, 0) is 20.1 Å². The van der Waals surface area contributed by atoms with E-state index in [1.807, 2.05) is 22.6 Å². The van der Waals surface area contributed by atoms with Crippen LogP contribution >= 0.6 is 0 Å². The van der Waals surface area contributed by atoms with Crippen molar-refractivity contribution >= 4 is 0 Å². The van der Waals surface area contributed by atoms with E-state index in [-0.39, 0.29) is 6.54 Å². The molecule has 0 aromatic carbocycles. The third-order valence-corrected chi connectivity index (χ3v) is 2.12. The van der Waals surface area contributed by atoms with E-state index in [1.165, 1.54) is 0 Å². The van der Waals surface area contributed by atoms with Crippen molar-refractivity contribution in [3.8, 4) is 12.3 Å². The Morgan fingerprint density at radius 3 is 3.13 bits per heavy atom. The maximum absolute atomic E-state index is 10.1. The monoisotopic (exact) mass is 207 g/mol. The van der Waals surface area contributed by atoms with Crippen LogP contribution in [0.2, 0.25) is 0 Å². The molecule has 5 heteroatoms. The highest BCUT2D eigenvalue weighted by Gasteiger charge is 2.12. The Morgan fingerprint density at radius 2 is 2.47 bits per heavy atom. The van der Waals surface area contributed by atoms with Crippen LogP contribution in [0.5, 0.6) is 0 Å². The fraction of sp³-hybridized carbons (Fsp3) is 0.600. The van der Waals surface area contributed by atoms with Gasteiger partial charge in [0.05, 0.1) is 7.05 Å². The number of rotatable bonds is 6. The first-order valence-corrected chi connectivity index (χ1v) is 4.92. The van der Waals surface area contributed by atoms with Gasteiger partial charge in [0.1, 0.15) is 6.54 Å². The Bertz CT molecular complexity index is 364. The molecule has 15 heavy (non-hydrogen) atoms. The van der Waals surface area contributed by atoms with Gasteiger partial charge in [-0.15, -0.1) is 17.0 Å². The quantitative estimate of drug-likeness (QED) is 0.299. The first kappa shape index (κ1) is 11.4. The number of hydrogen-bond acceptors (Lipinski definition) is 3. The minimum absolute atomic E-state index is 0.119. The first-order valence-electron chi connectivity index (χ1n) is 4.92. The number of nitrogens with zero attached hydrogens (tertiary/aromatic N) is 4. The van der Waals surface area contributed by atoms with Gasteiger partial charge in [-0.05, 0) is 12.8 Å². The van der Waals surface area contributed by atoms with Gasteiger partial charge in [-0.2, -0.15) is 4.91 Å². The molecule has 0 amide bonds. The van der Waals surface area contributed by atoms with Crippen molar-refractivity contribution in [1.82, 2.24) is 9.78 Å². The third kappa shape index (κ3) is 3.50. The average molecular weight is 207 g/mol.